The predicted molar refractivity (Wildman–Crippen MR) is 294 cm³/mol. The lowest BCUT2D eigenvalue weighted by molar-refractivity contribution is -0.156. The molecule has 14 nitrogen and oxygen atoms in total. The Morgan fingerprint density at radius 1 is 0.581 bits per heavy atom. The molecule has 0 atom stereocenters. The van der Waals surface area contributed by atoms with Crippen LogP contribution in [-0.4, -0.2) is 98.3 Å². The number of para-hydroxylation sites is 4. The number of esters is 2. The lowest BCUT2D eigenvalue weighted by Crippen LogP contribution is -2.41. The van der Waals surface area contributed by atoms with Gasteiger partial charge in [0.25, 0.3) is 5.91 Å². The van der Waals surface area contributed by atoms with Crippen molar-refractivity contribution in [3.63, 3.8) is 0 Å². The van der Waals surface area contributed by atoms with E-state index in [-0.39, 0.29) is 43.0 Å². The predicted octanol–water partition coefficient (Wildman–Crippen LogP) is 10.9. The molecule has 2 fully saturated rings. The van der Waals surface area contributed by atoms with Gasteiger partial charge in [-0.15, -0.1) is 0 Å². The van der Waals surface area contributed by atoms with Gasteiger partial charge in [-0.1, -0.05) is 53.5 Å². The first-order valence-electron chi connectivity index (χ1n) is 25.0. The number of benzene rings is 4. The molecular weight excluding hydrogens is 985 g/mol. The highest BCUT2D eigenvalue weighted by atomic mass is 35.5. The largest absolute Gasteiger partial charge is 0.496 e. The first-order valence-corrected chi connectivity index (χ1v) is 25.8. The van der Waals surface area contributed by atoms with Gasteiger partial charge in [-0.25, -0.2) is 0 Å². The molecule has 0 saturated carbocycles. The van der Waals surface area contributed by atoms with Gasteiger partial charge in [0.15, 0.2) is 5.78 Å². The number of Topliss-reactive ketones (excluding diaryl/α,β-unsaturated/α-hetero) is 1. The highest BCUT2D eigenvalue weighted by Gasteiger charge is 2.53. The molecule has 0 bridgehead atoms. The fourth-order valence-electron chi connectivity index (χ4n) is 7.45. The van der Waals surface area contributed by atoms with Crippen molar-refractivity contribution in [2.45, 2.75) is 156 Å². The molecule has 4 aromatic carbocycles. The maximum atomic E-state index is 13.5. The van der Waals surface area contributed by atoms with Gasteiger partial charge in [0.05, 0.1) is 53.5 Å². The number of carbonyl (C=O) groups excluding carboxylic acids is 4. The van der Waals surface area contributed by atoms with Crippen LogP contribution in [0.15, 0.2) is 84.9 Å². The number of nitrogens with one attached hydrogen (secondary N) is 1. The summed E-state index contributed by atoms with van der Waals surface area (Å²) in [5, 5.41) is 4.10. The van der Waals surface area contributed by atoms with E-state index in [2.05, 4.69) is 5.32 Å². The molecule has 0 aromatic heterocycles. The first-order chi connectivity index (χ1) is 34.3. The fraction of sp³-hybridized carbons (Fsp3) is 0.500. The molecule has 0 radical (unpaired) electrons. The number of hydrogen-bond acceptors (Lipinski definition) is 13. The Hall–Kier alpha value is -5.09. The number of amides is 1. The minimum atomic E-state index is -0.684. The van der Waals surface area contributed by atoms with E-state index < -0.39 is 47.8 Å². The number of rotatable bonds is 18. The molecule has 4 aromatic rings. The summed E-state index contributed by atoms with van der Waals surface area (Å²) in [6.45, 7) is 27.5. The molecule has 400 valence electrons. The number of hydrogen-bond donors (Lipinski definition) is 1. The average molecular weight is 1060 g/mol. The smallest absolute Gasteiger partial charge is 0.491 e. The Balaban J connectivity index is 0.000000274. The molecule has 1 N–H and O–H groups in total. The van der Waals surface area contributed by atoms with E-state index in [1.54, 1.807) is 49.5 Å². The number of carbonyl (C=O) groups is 4. The minimum Gasteiger partial charge on any atom is -0.491 e. The van der Waals surface area contributed by atoms with E-state index in [9.17, 15) is 19.2 Å². The van der Waals surface area contributed by atoms with Gasteiger partial charge in [-0.05, 0) is 164 Å². The first kappa shape index (κ1) is 59.8. The monoisotopic (exact) mass is 1060 g/mol. The molecular formula is C56H74B2Cl2N2O12. The van der Waals surface area contributed by atoms with E-state index in [1.165, 1.54) is 4.90 Å². The van der Waals surface area contributed by atoms with Gasteiger partial charge in [0.1, 0.15) is 22.7 Å². The number of nitrogens with zero attached hydrogens (tertiary/aromatic N) is 1. The normalized spacial score (nSPS) is 16.4. The van der Waals surface area contributed by atoms with Gasteiger partial charge in [-0.3, -0.25) is 19.2 Å². The molecule has 1 amide bonds. The van der Waals surface area contributed by atoms with Gasteiger partial charge < -0.3 is 47.8 Å². The third-order valence-corrected chi connectivity index (χ3v) is 13.5. The molecule has 2 aliphatic heterocycles. The average Bonchev–Trinajstić information content (AvgIpc) is 3.66. The third kappa shape index (κ3) is 16.2. The summed E-state index contributed by atoms with van der Waals surface area (Å²) in [6.07, 6.45) is 1.54. The summed E-state index contributed by atoms with van der Waals surface area (Å²) < 4.78 is 47.0. The molecule has 2 saturated heterocycles. The summed E-state index contributed by atoms with van der Waals surface area (Å²) in [7, 11) is 0.345. The van der Waals surface area contributed by atoms with E-state index in [0.717, 1.165) is 0 Å². The van der Waals surface area contributed by atoms with Crippen molar-refractivity contribution in [1.82, 2.24) is 0 Å². The van der Waals surface area contributed by atoms with E-state index >= 15 is 0 Å². The zero-order chi connectivity index (χ0) is 55.0. The molecule has 0 spiro atoms. The topological polar surface area (TPSA) is 157 Å². The van der Waals surface area contributed by atoms with Crippen molar-refractivity contribution in [3.05, 3.63) is 106 Å². The van der Waals surface area contributed by atoms with Crippen LogP contribution in [0.3, 0.4) is 0 Å². The van der Waals surface area contributed by atoms with Crippen molar-refractivity contribution in [3.8, 4) is 11.5 Å². The summed E-state index contributed by atoms with van der Waals surface area (Å²) in [4.78, 5) is 51.9. The number of halogens is 2. The van der Waals surface area contributed by atoms with Crippen LogP contribution < -0.4 is 30.6 Å². The minimum absolute atomic E-state index is 0.0583. The van der Waals surface area contributed by atoms with Gasteiger partial charge in [-0.2, -0.15) is 0 Å². The molecule has 0 unspecified atom stereocenters. The molecule has 6 rings (SSSR count). The molecule has 18 heteroatoms. The lowest BCUT2D eigenvalue weighted by Gasteiger charge is -2.32. The second-order valence-electron chi connectivity index (χ2n) is 22.3. The molecule has 2 heterocycles. The van der Waals surface area contributed by atoms with Gasteiger partial charge in [0, 0.05) is 52.0 Å². The van der Waals surface area contributed by atoms with E-state index in [0.29, 0.717) is 81.0 Å². The fourth-order valence-corrected chi connectivity index (χ4v) is 7.87. The number of anilines is 2. The van der Waals surface area contributed by atoms with Crippen molar-refractivity contribution < 1.29 is 56.7 Å². The maximum Gasteiger partial charge on any atom is 0.496 e. The second-order valence-corrected chi connectivity index (χ2v) is 23.1. The van der Waals surface area contributed by atoms with E-state index in [1.807, 2.05) is 139 Å². The van der Waals surface area contributed by atoms with E-state index in [4.69, 9.17) is 60.8 Å². The van der Waals surface area contributed by atoms with Crippen LogP contribution in [0.2, 0.25) is 10.0 Å². The van der Waals surface area contributed by atoms with Crippen molar-refractivity contribution in [2.75, 3.05) is 37.0 Å². The highest BCUT2D eigenvalue weighted by Crippen LogP contribution is 2.39. The van der Waals surface area contributed by atoms with Gasteiger partial charge >= 0.3 is 26.2 Å². The summed E-state index contributed by atoms with van der Waals surface area (Å²) in [5.74, 6) is 0.276. The Bertz CT molecular complexity index is 2600. The Labute approximate surface area is 449 Å². The summed E-state index contributed by atoms with van der Waals surface area (Å²) in [5.41, 5.74) is 0.353. The third-order valence-electron chi connectivity index (χ3n) is 12.8. The quantitative estimate of drug-likeness (QED) is 0.0435. The van der Waals surface area contributed by atoms with Crippen LogP contribution in [0, 0.1) is 0 Å². The maximum absolute atomic E-state index is 13.5. The van der Waals surface area contributed by atoms with Crippen LogP contribution >= 0.6 is 23.2 Å². The Morgan fingerprint density at radius 2 is 0.986 bits per heavy atom. The zero-order valence-electron chi connectivity index (χ0n) is 45.8. The summed E-state index contributed by atoms with van der Waals surface area (Å²) in [6, 6.07) is 24.9. The van der Waals surface area contributed by atoms with Crippen LogP contribution in [0.1, 0.15) is 143 Å². The second kappa shape index (κ2) is 24.3. The molecule has 0 aliphatic carbocycles. The number of ketones is 1. The SMILES string of the molecule is CC(C)(C)OC(=O)CCCOc1ccccc1NCC(=O)c1ccc(Cl)c(B2OC(C)(C)C(C)(C)O2)c1.CN(C(=O)c1ccc(Cl)c(B2OC(C)(C)C(C)(C)O2)c1)c1ccccc1OCCCC(=O)OC(C)(C)C. The standard InChI is InChI=1S/2C28H37BClNO6/c1-26(2,3)35-24(32)14-11-17-34-23-13-10-9-12-22(23)31(8)25(33)19-15-16-21(30)20(18-19)29-36-27(4,5)28(6,7)37-29;1-26(2,3)35-25(33)13-10-16-34-24-12-9-8-11-22(24)31-18-23(32)19-14-15-21(30)20(17-19)29-36-27(4,5)28(6,7)37-29/h9-10,12-13,15-16,18H,11,14,17H2,1-8H3;8-9,11-12,14-15,17,31H,10,13,16,18H2,1-7H3. The van der Waals surface area contributed by atoms with Crippen LogP contribution in [0.4, 0.5) is 11.4 Å². The highest BCUT2D eigenvalue weighted by molar-refractivity contribution is 6.66. The zero-order valence-corrected chi connectivity index (χ0v) is 47.3. The number of ether oxygens (including phenoxy) is 4. The molecule has 2 aliphatic rings. The Morgan fingerprint density at radius 3 is 1.46 bits per heavy atom. The summed E-state index contributed by atoms with van der Waals surface area (Å²) >= 11 is 12.9. The Kier molecular flexibility index (Phi) is 19.6. The van der Waals surface area contributed by atoms with Crippen LogP contribution in [0.5, 0.6) is 11.5 Å². The van der Waals surface area contributed by atoms with Crippen molar-refractivity contribution >= 4 is 83.4 Å². The van der Waals surface area contributed by atoms with Crippen LogP contribution in [0.25, 0.3) is 0 Å². The lowest BCUT2D eigenvalue weighted by atomic mass is 9.78. The van der Waals surface area contributed by atoms with Crippen LogP contribution in [-0.2, 0) is 37.7 Å². The van der Waals surface area contributed by atoms with Crippen molar-refractivity contribution in [1.29, 1.82) is 0 Å². The van der Waals surface area contributed by atoms with Crippen molar-refractivity contribution in [2.24, 2.45) is 0 Å². The molecule has 74 heavy (non-hydrogen) atoms. The van der Waals surface area contributed by atoms with Gasteiger partial charge in [0.2, 0.25) is 0 Å².